The summed E-state index contributed by atoms with van der Waals surface area (Å²) in [6.07, 6.45) is 4.26. The molecule has 0 bridgehead atoms. The lowest BCUT2D eigenvalue weighted by atomic mass is 10.1. The van der Waals surface area contributed by atoms with Crippen molar-refractivity contribution in [2.24, 2.45) is 5.92 Å². The highest BCUT2D eigenvalue weighted by Crippen LogP contribution is 2.30. The SMILES string of the molecule is CCc1ccc[n+](C2=C(c3c(C)[nH]n(-c4ccc(F)cc4)c3=O)C(=O)N(CC(C)C)C2=O)c1. The normalized spacial score (nSPS) is 14.2. The number of benzene rings is 1. The van der Waals surface area contributed by atoms with Gasteiger partial charge < -0.3 is 0 Å². The monoisotopic (exact) mass is 449 g/mol. The third-order valence-electron chi connectivity index (χ3n) is 5.63. The minimum absolute atomic E-state index is 0.0636. The Labute approximate surface area is 190 Å². The standard InChI is InChI=1S/C25H25FN4O3/c1-5-17-7-6-12-28(14-17)22-21(23(31)29(25(22)33)13-15(2)3)20-16(4)27-30(24(20)32)19-10-8-18(26)9-11-19/h6-12,14-15H,5,13H2,1-4H3/p+1. The third kappa shape index (κ3) is 3.92. The summed E-state index contributed by atoms with van der Waals surface area (Å²) in [6, 6.07) is 9.20. The molecule has 33 heavy (non-hydrogen) atoms. The number of hydrogen-bond donors (Lipinski definition) is 1. The van der Waals surface area contributed by atoms with Crippen LogP contribution in [0.1, 0.15) is 37.6 Å². The van der Waals surface area contributed by atoms with E-state index in [1.54, 1.807) is 23.9 Å². The van der Waals surface area contributed by atoms with Crippen LogP contribution in [0.4, 0.5) is 4.39 Å². The number of nitrogens with zero attached hydrogens (tertiary/aromatic N) is 3. The Balaban J connectivity index is 1.96. The zero-order chi connectivity index (χ0) is 23.9. The van der Waals surface area contributed by atoms with Crippen LogP contribution in [-0.4, -0.2) is 33.0 Å². The molecular formula is C25H26FN4O3+. The fourth-order valence-electron chi connectivity index (χ4n) is 4.04. The number of amides is 2. The maximum atomic E-state index is 13.5. The van der Waals surface area contributed by atoms with Gasteiger partial charge in [-0.15, -0.1) is 0 Å². The molecule has 170 valence electrons. The van der Waals surface area contributed by atoms with Crippen LogP contribution in [0.2, 0.25) is 0 Å². The molecule has 0 saturated carbocycles. The van der Waals surface area contributed by atoms with Crippen molar-refractivity contribution in [2.75, 3.05) is 6.54 Å². The molecule has 0 spiro atoms. The molecule has 2 aromatic heterocycles. The number of hydrogen-bond acceptors (Lipinski definition) is 3. The summed E-state index contributed by atoms with van der Waals surface area (Å²) in [4.78, 5) is 41.6. The number of carbonyl (C=O) groups excluding carboxylic acids is 2. The molecule has 4 rings (SSSR count). The number of imide groups is 1. The van der Waals surface area contributed by atoms with E-state index in [0.29, 0.717) is 11.4 Å². The van der Waals surface area contributed by atoms with E-state index in [1.165, 1.54) is 33.8 Å². The number of pyridine rings is 1. The molecule has 1 N–H and O–H groups in total. The van der Waals surface area contributed by atoms with Gasteiger partial charge in [0.05, 0.1) is 11.3 Å². The first kappa shape index (κ1) is 22.4. The van der Waals surface area contributed by atoms with Crippen molar-refractivity contribution in [1.82, 2.24) is 14.7 Å². The van der Waals surface area contributed by atoms with Crippen LogP contribution in [0.3, 0.4) is 0 Å². The van der Waals surface area contributed by atoms with E-state index in [2.05, 4.69) is 5.10 Å². The van der Waals surface area contributed by atoms with Crippen molar-refractivity contribution in [3.8, 4) is 5.69 Å². The number of aromatic amines is 1. The Hall–Kier alpha value is -3.81. The van der Waals surface area contributed by atoms with Crippen molar-refractivity contribution >= 4 is 23.1 Å². The lowest BCUT2D eigenvalue weighted by Crippen LogP contribution is -2.41. The molecular weight excluding hydrogens is 423 g/mol. The van der Waals surface area contributed by atoms with E-state index in [1.807, 2.05) is 32.9 Å². The zero-order valence-electron chi connectivity index (χ0n) is 19.1. The molecule has 2 amide bonds. The second-order valence-corrected chi connectivity index (χ2v) is 8.54. The summed E-state index contributed by atoms with van der Waals surface area (Å²) in [6.45, 7) is 7.77. The average Bonchev–Trinajstić information content (AvgIpc) is 3.20. The van der Waals surface area contributed by atoms with Crippen molar-refractivity contribution in [2.45, 2.75) is 34.1 Å². The lowest BCUT2D eigenvalue weighted by Gasteiger charge is -2.15. The number of H-pyrrole nitrogens is 1. The summed E-state index contributed by atoms with van der Waals surface area (Å²) in [7, 11) is 0. The van der Waals surface area contributed by atoms with Gasteiger partial charge in [0.25, 0.3) is 17.2 Å². The molecule has 0 unspecified atom stereocenters. The van der Waals surface area contributed by atoms with Gasteiger partial charge in [0, 0.05) is 23.9 Å². The van der Waals surface area contributed by atoms with Crippen LogP contribution >= 0.6 is 0 Å². The van der Waals surface area contributed by atoms with Gasteiger partial charge in [0.2, 0.25) is 0 Å². The number of nitrogens with one attached hydrogen (secondary N) is 1. The summed E-state index contributed by atoms with van der Waals surface area (Å²) in [5.41, 5.74) is 1.73. The van der Waals surface area contributed by atoms with E-state index in [0.717, 1.165) is 12.0 Å². The Morgan fingerprint density at radius 3 is 2.39 bits per heavy atom. The van der Waals surface area contributed by atoms with Gasteiger partial charge in [-0.3, -0.25) is 24.4 Å². The van der Waals surface area contributed by atoms with Crippen LogP contribution < -0.4 is 10.1 Å². The number of carbonyl (C=O) groups is 2. The van der Waals surface area contributed by atoms with Crippen LogP contribution in [0, 0.1) is 18.7 Å². The summed E-state index contributed by atoms with van der Waals surface area (Å²) in [5.74, 6) is -1.29. The first-order chi connectivity index (χ1) is 15.7. The van der Waals surface area contributed by atoms with E-state index >= 15 is 0 Å². The van der Waals surface area contributed by atoms with Crippen LogP contribution in [-0.2, 0) is 16.0 Å². The highest BCUT2D eigenvalue weighted by molar-refractivity contribution is 6.44. The second-order valence-electron chi connectivity index (χ2n) is 8.54. The van der Waals surface area contributed by atoms with Gasteiger partial charge in [-0.25, -0.2) is 9.07 Å². The Morgan fingerprint density at radius 2 is 1.76 bits per heavy atom. The number of aryl methyl sites for hydroxylation is 2. The van der Waals surface area contributed by atoms with Crippen LogP contribution in [0.5, 0.6) is 0 Å². The molecule has 0 fully saturated rings. The molecule has 8 heteroatoms. The van der Waals surface area contributed by atoms with E-state index < -0.39 is 23.2 Å². The number of rotatable bonds is 6. The van der Waals surface area contributed by atoms with Gasteiger partial charge in [-0.1, -0.05) is 20.8 Å². The largest absolute Gasteiger partial charge is 0.326 e. The molecule has 7 nitrogen and oxygen atoms in total. The zero-order valence-corrected chi connectivity index (χ0v) is 19.1. The molecule has 0 radical (unpaired) electrons. The summed E-state index contributed by atoms with van der Waals surface area (Å²) < 4.78 is 16.3. The molecule has 0 saturated heterocycles. The predicted molar refractivity (Wildman–Crippen MR) is 122 cm³/mol. The first-order valence-corrected chi connectivity index (χ1v) is 10.9. The minimum atomic E-state index is -0.497. The quantitative estimate of drug-likeness (QED) is 0.464. The molecule has 1 aliphatic heterocycles. The van der Waals surface area contributed by atoms with Crippen LogP contribution in [0.15, 0.2) is 53.6 Å². The maximum Gasteiger partial charge on any atom is 0.326 e. The fourth-order valence-corrected chi connectivity index (χ4v) is 4.04. The van der Waals surface area contributed by atoms with Crippen molar-refractivity contribution in [3.05, 3.63) is 81.8 Å². The Bertz CT molecular complexity index is 1330. The predicted octanol–water partition coefficient (Wildman–Crippen LogP) is 2.86. The van der Waals surface area contributed by atoms with Gasteiger partial charge in [0.15, 0.2) is 12.4 Å². The highest BCUT2D eigenvalue weighted by Gasteiger charge is 2.47. The smallest absolute Gasteiger partial charge is 0.295 e. The first-order valence-electron chi connectivity index (χ1n) is 10.9. The minimum Gasteiger partial charge on any atom is -0.295 e. The van der Waals surface area contributed by atoms with Gasteiger partial charge in [-0.2, -0.15) is 4.57 Å². The summed E-state index contributed by atoms with van der Waals surface area (Å²) >= 11 is 0. The molecule has 3 heterocycles. The van der Waals surface area contributed by atoms with E-state index in [-0.39, 0.29) is 29.3 Å². The molecule has 0 aliphatic carbocycles. The van der Waals surface area contributed by atoms with Gasteiger partial charge in [-0.05, 0) is 49.6 Å². The van der Waals surface area contributed by atoms with Crippen LogP contribution in [0.25, 0.3) is 17.0 Å². The maximum absolute atomic E-state index is 13.5. The molecule has 1 aliphatic rings. The van der Waals surface area contributed by atoms with Crippen molar-refractivity contribution < 1.29 is 18.5 Å². The topological polar surface area (TPSA) is 79.1 Å². The average molecular weight is 450 g/mol. The Morgan fingerprint density at radius 1 is 1.06 bits per heavy atom. The highest BCUT2D eigenvalue weighted by atomic mass is 19.1. The fraction of sp³-hybridized carbons (Fsp3) is 0.280. The molecule has 1 aromatic carbocycles. The van der Waals surface area contributed by atoms with Gasteiger partial charge >= 0.3 is 5.91 Å². The van der Waals surface area contributed by atoms with Gasteiger partial charge in [0.1, 0.15) is 11.4 Å². The van der Waals surface area contributed by atoms with E-state index in [4.69, 9.17) is 0 Å². The number of aromatic nitrogens is 3. The summed E-state index contributed by atoms with van der Waals surface area (Å²) in [5, 5.41) is 2.97. The lowest BCUT2D eigenvalue weighted by molar-refractivity contribution is -0.577. The second kappa shape index (κ2) is 8.61. The Kier molecular flexibility index (Phi) is 5.84. The third-order valence-corrected chi connectivity index (χ3v) is 5.63. The molecule has 3 aromatic rings. The molecule has 0 atom stereocenters. The van der Waals surface area contributed by atoms with Crippen molar-refractivity contribution in [3.63, 3.8) is 0 Å². The van der Waals surface area contributed by atoms with Crippen molar-refractivity contribution in [1.29, 1.82) is 0 Å². The van der Waals surface area contributed by atoms with E-state index in [9.17, 15) is 18.8 Å². The number of halogens is 1.